The fourth-order valence-corrected chi connectivity index (χ4v) is 2.83. The first-order valence-electron chi connectivity index (χ1n) is 4.65. The molecule has 0 saturated heterocycles. The highest BCUT2D eigenvalue weighted by Gasteiger charge is 2.11. The molecule has 0 N–H and O–H groups in total. The average Bonchev–Trinajstić information content (AvgIpc) is 2.49. The van der Waals surface area contributed by atoms with E-state index in [-0.39, 0.29) is 0 Å². The Hall–Kier alpha value is -0.930. The van der Waals surface area contributed by atoms with Crippen LogP contribution in [-0.4, -0.2) is 10.2 Å². The van der Waals surface area contributed by atoms with Crippen molar-refractivity contribution >= 4 is 22.9 Å². The van der Waals surface area contributed by atoms with Crippen LogP contribution in [0.15, 0.2) is 12.1 Å². The van der Waals surface area contributed by atoms with E-state index in [0.29, 0.717) is 4.47 Å². The molecular formula is C11H11ClN2S. The second-order valence-electron chi connectivity index (χ2n) is 3.63. The van der Waals surface area contributed by atoms with Crippen LogP contribution in [0.25, 0.3) is 10.6 Å². The molecule has 1 heterocycles. The highest BCUT2D eigenvalue weighted by molar-refractivity contribution is 7.18. The van der Waals surface area contributed by atoms with Crippen molar-refractivity contribution in [3.05, 3.63) is 33.3 Å². The van der Waals surface area contributed by atoms with Crippen LogP contribution in [0.1, 0.15) is 16.7 Å². The molecule has 0 fully saturated rings. The zero-order chi connectivity index (χ0) is 11.0. The Morgan fingerprint density at radius 2 is 1.67 bits per heavy atom. The Morgan fingerprint density at radius 3 is 2.13 bits per heavy atom. The van der Waals surface area contributed by atoms with Gasteiger partial charge < -0.3 is 0 Å². The van der Waals surface area contributed by atoms with Gasteiger partial charge in [0.2, 0.25) is 4.47 Å². The highest BCUT2D eigenvalue weighted by Crippen LogP contribution is 2.31. The van der Waals surface area contributed by atoms with E-state index in [9.17, 15) is 0 Å². The van der Waals surface area contributed by atoms with Crippen molar-refractivity contribution < 1.29 is 0 Å². The molecule has 2 aromatic rings. The van der Waals surface area contributed by atoms with E-state index < -0.39 is 0 Å². The van der Waals surface area contributed by atoms with Crippen molar-refractivity contribution in [1.29, 1.82) is 0 Å². The minimum absolute atomic E-state index is 0.490. The molecule has 1 aromatic carbocycles. The first-order chi connectivity index (χ1) is 7.08. The molecule has 4 heteroatoms. The van der Waals surface area contributed by atoms with Gasteiger partial charge in [0.1, 0.15) is 5.01 Å². The van der Waals surface area contributed by atoms with Crippen LogP contribution in [-0.2, 0) is 0 Å². The summed E-state index contributed by atoms with van der Waals surface area (Å²) in [4.78, 5) is 0. The topological polar surface area (TPSA) is 25.8 Å². The smallest absolute Gasteiger partial charge is 0.137 e. The summed E-state index contributed by atoms with van der Waals surface area (Å²) in [6, 6.07) is 4.30. The van der Waals surface area contributed by atoms with Crippen LogP contribution < -0.4 is 0 Å². The lowest BCUT2D eigenvalue weighted by Crippen LogP contribution is -1.89. The standard InChI is InChI=1S/C11H11ClN2S/c1-6-4-7(2)9(8(3)5-6)10-13-14-11(12)15-10/h4-5H,1-3H3. The number of hydrogen-bond donors (Lipinski definition) is 0. The maximum atomic E-state index is 5.79. The van der Waals surface area contributed by atoms with Crippen LogP contribution in [0, 0.1) is 20.8 Å². The molecule has 2 rings (SSSR count). The molecule has 15 heavy (non-hydrogen) atoms. The summed E-state index contributed by atoms with van der Waals surface area (Å²) in [6.07, 6.45) is 0. The minimum Gasteiger partial charge on any atom is -0.137 e. The number of hydrogen-bond acceptors (Lipinski definition) is 3. The van der Waals surface area contributed by atoms with Gasteiger partial charge in [-0.05, 0) is 43.5 Å². The number of rotatable bonds is 1. The molecule has 1 aromatic heterocycles. The summed E-state index contributed by atoms with van der Waals surface area (Å²) in [7, 11) is 0. The highest BCUT2D eigenvalue weighted by atomic mass is 35.5. The van der Waals surface area contributed by atoms with Crippen molar-refractivity contribution in [2.24, 2.45) is 0 Å². The SMILES string of the molecule is Cc1cc(C)c(-c2nnc(Cl)s2)c(C)c1. The van der Waals surface area contributed by atoms with Crippen LogP contribution >= 0.6 is 22.9 Å². The van der Waals surface area contributed by atoms with E-state index in [0.717, 1.165) is 10.6 Å². The van der Waals surface area contributed by atoms with Crippen LogP contribution in [0.2, 0.25) is 4.47 Å². The van der Waals surface area contributed by atoms with E-state index in [1.165, 1.54) is 28.0 Å². The first kappa shape index (κ1) is 10.6. The van der Waals surface area contributed by atoms with Gasteiger partial charge in [0, 0.05) is 5.56 Å². The van der Waals surface area contributed by atoms with Crippen molar-refractivity contribution in [2.45, 2.75) is 20.8 Å². The third-order valence-corrected chi connectivity index (χ3v) is 3.33. The maximum Gasteiger partial charge on any atom is 0.207 e. The maximum absolute atomic E-state index is 5.79. The second kappa shape index (κ2) is 3.91. The van der Waals surface area contributed by atoms with E-state index in [2.05, 4.69) is 43.1 Å². The third-order valence-electron chi connectivity index (χ3n) is 2.29. The lowest BCUT2D eigenvalue weighted by atomic mass is 10.0. The van der Waals surface area contributed by atoms with Gasteiger partial charge >= 0.3 is 0 Å². The van der Waals surface area contributed by atoms with Gasteiger partial charge in [-0.1, -0.05) is 29.0 Å². The lowest BCUT2D eigenvalue weighted by Gasteiger charge is -2.07. The molecule has 0 radical (unpaired) electrons. The van der Waals surface area contributed by atoms with Gasteiger partial charge in [0.15, 0.2) is 0 Å². The predicted molar refractivity (Wildman–Crippen MR) is 64.6 cm³/mol. The lowest BCUT2D eigenvalue weighted by molar-refractivity contribution is 1.09. The third kappa shape index (κ3) is 2.03. The number of halogens is 1. The van der Waals surface area contributed by atoms with Crippen molar-refractivity contribution in [3.63, 3.8) is 0 Å². The Morgan fingerprint density at radius 1 is 1.07 bits per heavy atom. The largest absolute Gasteiger partial charge is 0.207 e. The fourth-order valence-electron chi connectivity index (χ4n) is 1.82. The van der Waals surface area contributed by atoms with Crippen LogP contribution in [0.4, 0.5) is 0 Å². The van der Waals surface area contributed by atoms with Crippen LogP contribution in [0.3, 0.4) is 0 Å². The fraction of sp³-hybridized carbons (Fsp3) is 0.273. The Bertz CT molecular complexity index is 482. The van der Waals surface area contributed by atoms with Crippen molar-refractivity contribution in [1.82, 2.24) is 10.2 Å². The van der Waals surface area contributed by atoms with Gasteiger partial charge in [-0.25, -0.2) is 0 Å². The molecule has 78 valence electrons. The summed E-state index contributed by atoms with van der Waals surface area (Å²) in [5, 5.41) is 8.80. The van der Waals surface area contributed by atoms with E-state index >= 15 is 0 Å². The number of benzene rings is 1. The normalized spacial score (nSPS) is 10.7. The van der Waals surface area contributed by atoms with Crippen molar-refractivity contribution in [3.8, 4) is 10.6 Å². The molecule has 0 atom stereocenters. The second-order valence-corrected chi connectivity index (χ2v) is 5.19. The summed E-state index contributed by atoms with van der Waals surface area (Å²) in [6.45, 7) is 6.27. The van der Waals surface area contributed by atoms with Gasteiger partial charge in [-0.3, -0.25) is 0 Å². The number of aryl methyl sites for hydroxylation is 3. The zero-order valence-electron chi connectivity index (χ0n) is 8.84. The summed E-state index contributed by atoms with van der Waals surface area (Å²) in [5.74, 6) is 0. The van der Waals surface area contributed by atoms with Gasteiger partial charge in [-0.2, -0.15) is 0 Å². The Balaban J connectivity index is 2.62. The molecule has 0 aliphatic carbocycles. The van der Waals surface area contributed by atoms with E-state index in [4.69, 9.17) is 11.6 Å². The predicted octanol–water partition coefficient (Wildman–Crippen LogP) is 3.78. The quantitative estimate of drug-likeness (QED) is 0.756. The zero-order valence-corrected chi connectivity index (χ0v) is 10.4. The molecule has 0 amide bonds. The van der Waals surface area contributed by atoms with E-state index in [1.54, 1.807) is 0 Å². The molecule has 0 spiro atoms. The van der Waals surface area contributed by atoms with Gasteiger partial charge in [0.05, 0.1) is 0 Å². The van der Waals surface area contributed by atoms with Gasteiger partial charge in [-0.15, -0.1) is 10.2 Å². The number of aromatic nitrogens is 2. The molecule has 0 saturated carbocycles. The molecular weight excluding hydrogens is 228 g/mol. The first-order valence-corrected chi connectivity index (χ1v) is 5.84. The molecule has 0 bridgehead atoms. The number of nitrogens with zero attached hydrogens (tertiary/aromatic N) is 2. The van der Waals surface area contributed by atoms with Gasteiger partial charge in [0.25, 0.3) is 0 Å². The molecule has 0 aliphatic rings. The average molecular weight is 239 g/mol. The van der Waals surface area contributed by atoms with E-state index in [1.807, 2.05) is 0 Å². The summed E-state index contributed by atoms with van der Waals surface area (Å²) >= 11 is 7.21. The summed E-state index contributed by atoms with van der Waals surface area (Å²) < 4.78 is 0.490. The summed E-state index contributed by atoms with van der Waals surface area (Å²) in [5.41, 5.74) is 4.87. The molecule has 0 unspecified atom stereocenters. The monoisotopic (exact) mass is 238 g/mol. The molecule has 2 nitrogen and oxygen atoms in total. The Kier molecular flexibility index (Phi) is 2.76. The van der Waals surface area contributed by atoms with Crippen LogP contribution in [0.5, 0.6) is 0 Å². The Labute approximate surface area is 97.9 Å². The van der Waals surface area contributed by atoms with Crippen molar-refractivity contribution in [2.75, 3.05) is 0 Å². The minimum atomic E-state index is 0.490. The molecule has 0 aliphatic heterocycles.